The fourth-order valence-electron chi connectivity index (χ4n) is 0.764. The number of rotatable bonds is 2. The van der Waals surface area contributed by atoms with E-state index in [9.17, 15) is 0 Å². The molecule has 0 saturated heterocycles. The van der Waals surface area contributed by atoms with Crippen LogP contribution in [0.3, 0.4) is 0 Å². The van der Waals surface area contributed by atoms with Gasteiger partial charge in [-0.05, 0) is 23.6 Å². The zero-order valence-corrected chi connectivity index (χ0v) is 7.38. The predicted molar refractivity (Wildman–Crippen MR) is 51.4 cm³/mol. The molecule has 70 valence electrons. The molecule has 1 aromatic rings. The van der Waals surface area contributed by atoms with E-state index in [0.29, 0.717) is 18.7 Å². The van der Waals surface area contributed by atoms with Crippen molar-refractivity contribution in [2.45, 2.75) is 6.42 Å². The molecule has 0 spiro atoms. The molecule has 0 aliphatic heterocycles. The lowest BCUT2D eigenvalue weighted by Gasteiger charge is -1.89. The van der Waals surface area contributed by atoms with Gasteiger partial charge >= 0.3 is 0 Å². The summed E-state index contributed by atoms with van der Waals surface area (Å²) < 4.78 is 0. The average Bonchev–Trinajstić information content (AvgIpc) is 2.21. The summed E-state index contributed by atoms with van der Waals surface area (Å²) >= 11 is 0. The molecular formula is C9H8N4O. The van der Waals surface area contributed by atoms with Crippen LogP contribution in [0.2, 0.25) is 0 Å². The van der Waals surface area contributed by atoms with Crippen molar-refractivity contribution in [1.29, 1.82) is 0 Å². The van der Waals surface area contributed by atoms with Crippen LogP contribution in [-0.4, -0.2) is 16.6 Å². The van der Waals surface area contributed by atoms with Gasteiger partial charge in [-0.25, -0.2) is 4.98 Å². The van der Waals surface area contributed by atoms with Crippen LogP contribution in [0.4, 0.5) is 0 Å². The Balaban J connectivity index is 2.51. The maximum absolute atomic E-state index is 8.93. The number of hydrogen-bond donors (Lipinski definition) is 1. The zero-order valence-electron chi connectivity index (χ0n) is 7.38. The second kappa shape index (κ2) is 5.46. The lowest BCUT2D eigenvalue weighted by molar-refractivity contribution is 0.472. The normalized spacial score (nSPS) is 8.29. The van der Waals surface area contributed by atoms with Crippen LogP contribution < -0.4 is 0 Å². The van der Waals surface area contributed by atoms with Gasteiger partial charge < -0.3 is 5.11 Å². The van der Waals surface area contributed by atoms with Gasteiger partial charge in [0.2, 0.25) is 0 Å². The average molecular weight is 188 g/mol. The third kappa shape index (κ3) is 3.48. The highest BCUT2D eigenvalue weighted by molar-refractivity contribution is 5.30. The molecule has 5 nitrogen and oxygen atoms in total. The van der Waals surface area contributed by atoms with Gasteiger partial charge in [0, 0.05) is 17.9 Å². The van der Waals surface area contributed by atoms with E-state index in [-0.39, 0.29) is 5.75 Å². The molecule has 0 aliphatic rings. The van der Waals surface area contributed by atoms with Crippen molar-refractivity contribution in [3.63, 3.8) is 0 Å². The number of nitrogens with zero attached hydrogens (tertiary/aromatic N) is 4. The molecule has 0 saturated carbocycles. The van der Waals surface area contributed by atoms with Crippen molar-refractivity contribution >= 4 is 0 Å². The van der Waals surface area contributed by atoms with Gasteiger partial charge in [-0.3, -0.25) is 0 Å². The summed E-state index contributed by atoms with van der Waals surface area (Å²) in [5.74, 6) is 5.69. The summed E-state index contributed by atoms with van der Waals surface area (Å²) in [7, 11) is 0. The lowest BCUT2D eigenvalue weighted by atomic mass is 10.3. The minimum absolute atomic E-state index is 0.115. The van der Waals surface area contributed by atoms with Crippen LogP contribution in [0.1, 0.15) is 12.1 Å². The van der Waals surface area contributed by atoms with E-state index in [1.807, 2.05) is 0 Å². The van der Waals surface area contributed by atoms with Gasteiger partial charge in [0.25, 0.3) is 0 Å². The van der Waals surface area contributed by atoms with Crippen molar-refractivity contribution in [2.75, 3.05) is 6.54 Å². The minimum atomic E-state index is 0.115. The molecule has 1 N–H and O–H groups in total. The van der Waals surface area contributed by atoms with Gasteiger partial charge in [-0.2, -0.15) is 0 Å². The summed E-state index contributed by atoms with van der Waals surface area (Å²) in [6.07, 6.45) is 1.84. The summed E-state index contributed by atoms with van der Waals surface area (Å²) in [4.78, 5) is 6.47. The highest BCUT2D eigenvalue weighted by atomic mass is 16.3. The highest BCUT2D eigenvalue weighted by Crippen LogP contribution is 2.04. The Kier molecular flexibility index (Phi) is 3.86. The predicted octanol–water partition coefficient (Wildman–Crippen LogP) is 1.84. The fourth-order valence-corrected chi connectivity index (χ4v) is 0.764. The summed E-state index contributed by atoms with van der Waals surface area (Å²) in [6.45, 7) is 0.363. The molecule has 5 heteroatoms. The van der Waals surface area contributed by atoms with Crippen molar-refractivity contribution in [1.82, 2.24) is 4.98 Å². The monoisotopic (exact) mass is 188 g/mol. The van der Waals surface area contributed by atoms with E-state index in [1.165, 1.54) is 12.3 Å². The Labute approximate surface area is 81.0 Å². The molecule has 1 rings (SSSR count). The van der Waals surface area contributed by atoms with Gasteiger partial charge in [0.1, 0.15) is 11.4 Å². The first-order valence-electron chi connectivity index (χ1n) is 3.97. The minimum Gasteiger partial charge on any atom is -0.506 e. The number of aromatic hydroxyl groups is 1. The first-order valence-corrected chi connectivity index (χ1v) is 3.97. The lowest BCUT2D eigenvalue weighted by Crippen LogP contribution is -1.80. The van der Waals surface area contributed by atoms with E-state index in [2.05, 4.69) is 26.9 Å². The fraction of sp³-hybridized carbons (Fsp3) is 0.222. The topological polar surface area (TPSA) is 81.9 Å². The molecule has 0 atom stereocenters. The largest absolute Gasteiger partial charge is 0.506 e. The van der Waals surface area contributed by atoms with Crippen molar-refractivity contribution in [3.05, 3.63) is 34.5 Å². The van der Waals surface area contributed by atoms with Crippen molar-refractivity contribution < 1.29 is 5.11 Å². The second-order valence-electron chi connectivity index (χ2n) is 2.41. The summed E-state index contributed by atoms with van der Waals surface area (Å²) in [5, 5.41) is 12.3. The molecule has 0 unspecified atom stereocenters. The molecule has 1 aromatic heterocycles. The third-order valence-electron chi connectivity index (χ3n) is 1.36. The maximum Gasteiger partial charge on any atom is 0.133 e. The quantitative estimate of drug-likeness (QED) is 0.252. The van der Waals surface area contributed by atoms with Crippen molar-refractivity contribution in [3.8, 4) is 17.6 Å². The number of aromatic nitrogens is 1. The molecule has 0 bridgehead atoms. The smallest absolute Gasteiger partial charge is 0.133 e. The van der Waals surface area contributed by atoms with E-state index in [4.69, 9.17) is 10.6 Å². The standard InChI is InChI=1S/C9H8N4O/c10-13-12-6-2-1-3-8-4-5-9(14)7-11-8/h4-5,7,14H,2,6H2. The first kappa shape index (κ1) is 9.90. The van der Waals surface area contributed by atoms with Crippen LogP contribution in [0.15, 0.2) is 23.4 Å². The molecule has 0 radical (unpaired) electrons. The van der Waals surface area contributed by atoms with Gasteiger partial charge in [0.15, 0.2) is 0 Å². The van der Waals surface area contributed by atoms with Gasteiger partial charge in [-0.15, -0.1) is 0 Å². The summed E-state index contributed by atoms with van der Waals surface area (Å²) in [5.41, 5.74) is 8.57. The van der Waals surface area contributed by atoms with Gasteiger partial charge in [-0.1, -0.05) is 11.0 Å². The Morgan fingerprint density at radius 1 is 1.57 bits per heavy atom. The van der Waals surface area contributed by atoms with E-state index in [0.717, 1.165) is 0 Å². The van der Waals surface area contributed by atoms with Crippen LogP contribution in [-0.2, 0) is 0 Å². The molecule has 0 aromatic carbocycles. The Hall–Kier alpha value is -2.18. The van der Waals surface area contributed by atoms with Gasteiger partial charge in [0.05, 0.1) is 6.20 Å². The molecule has 0 aliphatic carbocycles. The first-order chi connectivity index (χ1) is 6.83. The molecule has 1 heterocycles. The third-order valence-corrected chi connectivity index (χ3v) is 1.36. The Bertz CT molecular complexity index is 395. The Morgan fingerprint density at radius 2 is 2.43 bits per heavy atom. The van der Waals surface area contributed by atoms with E-state index < -0.39 is 0 Å². The number of pyridine rings is 1. The van der Waals surface area contributed by atoms with E-state index in [1.54, 1.807) is 6.07 Å². The SMILES string of the molecule is [N-]=[N+]=NCCC#Cc1ccc(O)cn1. The molecule has 0 fully saturated rings. The zero-order chi connectivity index (χ0) is 10.2. The molecule has 14 heavy (non-hydrogen) atoms. The Morgan fingerprint density at radius 3 is 3.07 bits per heavy atom. The van der Waals surface area contributed by atoms with Crippen LogP contribution in [0.25, 0.3) is 10.4 Å². The second-order valence-corrected chi connectivity index (χ2v) is 2.41. The van der Waals surface area contributed by atoms with Crippen LogP contribution in [0, 0.1) is 11.8 Å². The maximum atomic E-state index is 8.93. The molecule has 0 amide bonds. The highest BCUT2D eigenvalue weighted by Gasteiger charge is 1.88. The van der Waals surface area contributed by atoms with Crippen LogP contribution in [0.5, 0.6) is 5.75 Å². The number of azide groups is 1. The summed E-state index contributed by atoms with van der Waals surface area (Å²) in [6, 6.07) is 3.14. The number of hydrogen-bond acceptors (Lipinski definition) is 3. The van der Waals surface area contributed by atoms with Crippen molar-refractivity contribution in [2.24, 2.45) is 5.11 Å². The van der Waals surface area contributed by atoms with E-state index >= 15 is 0 Å². The molecular weight excluding hydrogens is 180 g/mol. The van der Waals surface area contributed by atoms with Crippen LogP contribution >= 0.6 is 0 Å².